The average Bonchev–Trinajstić information content (AvgIpc) is 3.31. The van der Waals surface area contributed by atoms with Gasteiger partial charge in [-0.05, 0) is 36.4 Å². The van der Waals surface area contributed by atoms with Crippen LogP contribution in [0.4, 0.5) is 5.69 Å². The van der Waals surface area contributed by atoms with Gasteiger partial charge in [-0.15, -0.1) is 11.3 Å². The van der Waals surface area contributed by atoms with Gasteiger partial charge in [0.2, 0.25) is 0 Å². The number of carbonyl (C=O) groups excluding carboxylic acids is 2. The largest absolute Gasteiger partial charge is 0.455 e. The summed E-state index contributed by atoms with van der Waals surface area (Å²) in [6.07, 6.45) is 3.66. The van der Waals surface area contributed by atoms with E-state index in [-0.39, 0.29) is 13.0 Å². The standard InChI is InChI=1S/C21H16ClN3O3S2/c22-14-5-7-16(8-6-14)30-18-4-2-1-3-17(18)24-19(26)13-28-20(27)11-15-12-25-9-10-29-21(25)23-15/h1-10,12H,11,13H2,(H,24,26). The molecule has 0 saturated heterocycles. The number of fused-ring (bicyclic) bond motifs is 1. The number of hydrogen-bond donors (Lipinski definition) is 1. The van der Waals surface area contributed by atoms with Crippen molar-refractivity contribution in [3.63, 3.8) is 0 Å². The quantitative estimate of drug-likeness (QED) is 0.398. The summed E-state index contributed by atoms with van der Waals surface area (Å²) in [6, 6.07) is 14.9. The minimum atomic E-state index is -0.500. The molecule has 152 valence electrons. The molecule has 0 aliphatic carbocycles. The summed E-state index contributed by atoms with van der Waals surface area (Å²) in [6.45, 7) is -0.360. The summed E-state index contributed by atoms with van der Waals surface area (Å²) in [5, 5.41) is 5.38. The molecule has 1 N–H and O–H groups in total. The number of nitrogens with zero attached hydrogens (tertiary/aromatic N) is 2. The Balaban J connectivity index is 1.31. The second-order valence-electron chi connectivity index (χ2n) is 6.26. The zero-order valence-corrected chi connectivity index (χ0v) is 18.0. The summed E-state index contributed by atoms with van der Waals surface area (Å²) in [5.41, 5.74) is 1.25. The third-order valence-electron chi connectivity index (χ3n) is 4.04. The van der Waals surface area contributed by atoms with Crippen LogP contribution in [-0.2, 0) is 20.7 Å². The first-order valence-corrected chi connectivity index (χ1v) is 11.0. The van der Waals surface area contributed by atoms with Crippen molar-refractivity contribution in [1.29, 1.82) is 0 Å². The van der Waals surface area contributed by atoms with Crippen LogP contribution in [-0.4, -0.2) is 27.9 Å². The van der Waals surface area contributed by atoms with Crippen LogP contribution in [0.25, 0.3) is 4.96 Å². The zero-order valence-electron chi connectivity index (χ0n) is 15.6. The number of thiazole rings is 1. The van der Waals surface area contributed by atoms with E-state index in [1.54, 1.807) is 12.3 Å². The average molecular weight is 458 g/mol. The lowest BCUT2D eigenvalue weighted by Crippen LogP contribution is -2.22. The Morgan fingerprint density at radius 2 is 1.97 bits per heavy atom. The number of carbonyl (C=O) groups is 2. The molecule has 0 saturated carbocycles. The number of nitrogens with one attached hydrogen (secondary N) is 1. The van der Waals surface area contributed by atoms with E-state index in [1.165, 1.54) is 23.1 Å². The van der Waals surface area contributed by atoms with E-state index in [2.05, 4.69) is 10.3 Å². The molecule has 4 aromatic rings. The first-order chi connectivity index (χ1) is 14.6. The lowest BCUT2D eigenvalue weighted by atomic mass is 10.3. The van der Waals surface area contributed by atoms with Gasteiger partial charge in [-0.2, -0.15) is 0 Å². The molecule has 0 atom stereocenters. The SMILES string of the molecule is O=C(COC(=O)Cc1cn2ccsc2n1)Nc1ccccc1Sc1ccc(Cl)cc1. The van der Waals surface area contributed by atoms with E-state index in [1.807, 2.05) is 58.4 Å². The van der Waals surface area contributed by atoms with Gasteiger partial charge in [0, 0.05) is 32.6 Å². The molecule has 4 rings (SSSR count). The number of imidazole rings is 1. The van der Waals surface area contributed by atoms with Crippen LogP contribution in [0.1, 0.15) is 5.69 Å². The van der Waals surface area contributed by atoms with Crippen molar-refractivity contribution >= 4 is 57.2 Å². The van der Waals surface area contributed by atoms with E-state index in [0.29, 0.717) is 16.4 Å². The highest BCUT2D eigenvalue weighted by molar-refractivity contribution is 7.99. The van der Waals surface area contributed by atoms with Crippen molar-refractivity contribution in [2.24, 2.45) is 0 Å². The van der Waals surface area contributed by atoms with Gasteiger partial charge in [-0.1, -0.05) is 35.5 Å². The molecule has 0 aliphatic heterocycles. The van der Waals surface area contributed by atoms with Crippen LogP contribution in [0.3, 0.4) is 0 Å². The first kappa shape index (κ1) is 20.5. The van der Waals surface area contributed by atoms with Crippen LogP contribution in [0, 0.1) is 0 Å². The van der Waals surface area contributed by atoms with Crippen LogP contribution >= 0.6 is 34.7 Å². The molecule has 30 heavy (non-hydrogen) atoms. The van der Waals surface area contributed by atoms with Crippen molar-refractivity contribution in [3.8, 4) is 0 Å². The molecule has 0 unspecified atom stereocenters. The number of hydrogen-bond acceptors (Lipinski definition) is 6. The Kier molecular flexibility index (Phi) is 6.37. The van der Waals surface area contributed by atoms with Crippen LogP contribution < -0.4 is 5.32 Å². The number of aromatic nitrogens is 2. The maximum Gasteiger partial charge on any atom is 0.312 e. The van der Waals surface area contributed by atoms with E-state index in [9.17, 15) is 9.59 Å². The summed E-state index contributed by atoms with van der Waals surface area (Å²) >= 11 is 8.92. The fourth-order valence-electron chi connectivity index (χ4n) is 2.68. The molecule has 0 fully saturated rings. The molecule has 2 aromatic carbocycles. The van der Waals surface area contributed by atoms with E-state index >= 15 is 0 Å². The Hall–Kier alpha value is -2.81. The molecule has 2 aromatic heterocycles. The normalized spacial score (nSPS) is 10.8. The maximum atomic E-state index is 12.3. The molecule has 0 radical (unpaired) electrons. The lowest BCUT2D eigenvalue weighted by molar-refractivity contribution is -0.146. The van der Waals surface area contributed by atoms with Crippen LogP contribution in [0.2, 0.25) is 5.02 Å². The fraction of sp³-hybridized carbons (Fsp3) is 0.0952. The Morgan fingerprint density at radius 3 is 2.77 bits per heavy atom. The van der Waals surface area contributed by atoms with Crippen LogP contribution in [0.5, 0.6) is 0 Å². The maximum absolute atomic E-state index is 12.3. The van der Waals surface area contributed by atoms with Gasteiger partial charge in [0.05, 0.1) is 17.8 Å². The molecular formula is C21H16ClN3O3S2. The highest BCUT2D eigenvalue weighted by Crippen LogP contribution is 2.33. The van der Waals surface area contributed by atoms with E-state index in [0.717, 1.165) is 14.8 Å². The number of amides is 1. The molecule has 1 amide bonds. The van der Waals surface area contributed by atoms with Gasteiger partial charge >= 0.3 is 5.97 Å². The topological polar surface area (TPSA) is 72.7 Å². The number of rotatable bonds is 7. The first-order valence-electron chi connectivity index (χ1n) is 8.96. The second kappa shape index (κ2) is 9.34. The highest BCUT2D eigenvalue weighted by Gasteiger charge is 2.13. The van der Waals surface area contributed by atoms with Crippen molar-refractivity contribution in [1.82, 2.24) is 9.38 Å². The molecule has 6 nitrogen and oxygen atoms in total. The molecule has 0 spiro atoms. The predicted octanol–water partition coefficient (Wildman–Crippen LogP) is 4.92. The highest BCUT2D eigenvalue weighted by atomic mass is 35.5. The monoisotopic (exact) mass is 457 g/mol. The van der Waals surface area contributed by atoms with Crippen molar-refractivity contribution < 1.29 is 14.3 Å². The van der Waals surface area contributed by atoms with Gasteiger partial charge < -0.3 is 10.1 Å². The van der Waals surface area contributed by atoms with Crippen molar-refractivity contribution in [2.75, 3.05) is 11.9 Å². The van der Waals surface area contributed by atoms with Crippen LogP contribution in [0.15, 0.2) is 76.1 Å². The van der Waals surface area contributed by atoms with Gasteiger partial charge in [0.15, 0.2) is 11.6 Å². The molecule has 9 heteroatoms. The summed E-state index contributed by atoms with van der Waals surface area (Å²) < 4.78 is 6.95. The molecule has 2 heterocycles. The zero-order chi connectivity index (χ0) is 20.9. The molecule has 0 aliphatic rings. The number of halogens is 1. The molecular weight excluding hydrogens is 442 g/mol. The Morgan fingerprint density at radius 1 is 1.17 bits per heavy atom. The lowest BCUT2D eigenvalue weighted by Gasteiger charge is -2.11. The summed E-state index contributed by atoms with van der Waals surface area (Å²) in [4.78, 5) is 31.3. The van der Waals surface area contributed by atoms with Gasteiger partial charge in [-0.25, -0.2) is 4.98 Å². The summed E-state index contributed by atoms with van der Waals surface area (Å²) in [5.74, 6) is -0.905. The van der Waals surface area contributed by atoms with Gasteiger partial charge in [-0.3, -0.25) is 14.0 Å². The van der Waals surface area contributed by atoms with Gasteiger partial charge in [0.1, 0.15) is 0 Å². The molecule has 0 bridgehead atoms. The Labute approximate surface area is 185 Å². The van der Waals surface area contributed by atoms with Crippen molar-refractivity contribution in [3.05, 3.63) is 77.0 Å². The number of anilines is 1. The summed E-state index contributed by atoms with van der Waals surface area (Å²) in [7, 11) is 0. The number of para-hydroxylation sites is 1. The van der Waals surface area contributed by atoms with E-state index in [4.69, 9.17) is 16.3 Å². The number of ether oxygens (including phenoxy) is 1. The third kappa shape index (κ3) is 5.21. The van der Waals surface area contributed by atoms with Gasteiger partial charge in [0.25, 0.3) is 5.91 Å². The fourth-order valence-corrected chi connectivity index (χ4v) is 4.43. The second-order valence-corrected chi connectivity index (χ2v) is 8.69. The number of benzene rings is 2. The minimum Gasteiger partial charge on any atom is -0.455 e. The third-order valence-corrected chi connectivity index (χ3v) is 6.14. The van der Waals surface area contributed by atoms with Crippen molar-refractivity contribution in [2.45, 2.75) is 16.2 Å². The predicted molar refractivity (Wildman–Crippen MR) is 118 cm³/mol. The number of esters is 1. The Bertz CT molecular complexity index is 1160. The smallest absolute Gasteiger partial charge is 0.312 e. The minimum absolute atomic E-state index is 0.0185. The van der Waals surface area contributed by atoms with E-state index < -0.39 is 11.9 Å².